The Morgan fingerprint density at radius 3 is 2.55 bits per heavy atom. The first-order valence-corrected chi connectivity index (χ1v) is 6.91. The Bertz CT molecular complexity index is 450. The predicted molar refractivity (Wildman–Crippen MR) is 81.8 cm³/mol. The van der Waals surface area contributed by atoms with E-state index in [0.717, 1.165) is 17.9 Å². The average molecular weight is 278 g/mol. The van der Waals surface area contributed by atoms with E-state index in [0.29, 0.717) is 0 Å². The van der Waals surface area contributed by atoms with Gasteiger partial charge in [-0.05, 0) is 45.4 Å². The molecule has 4 heteroatoms. The average Bonchev–Trinajstić information content (AvgIpc) is 2.35. The van der Waals surface area contributed by atoms with E-state index < -0.39 is 6.10 Å². The number of carbonyl (C=O) groups is 1. The lowest BCUT2D eigenvalue weighted by Gasteiger charge is -2.21. The maximum absolute atomic E-state index is 11.8. The second-order valence-corrected chi connectivity index (χ2v) is 6.24. The Hall–Kier alpha value is -1.55. The highest BCUT2D eigenvalue weighted by atomic mass is 16.5. The molecule has 1 atom stereocenters. The fourth-order valence-corrected chi connectivity index (χ4v) is 1.71. The van der Waals surface area contributed by atoms with Crippen molar-refractivity contribution in [2.45, 2.75) is 45.9 Å². The van der Waals surface area contributed by atoms with Crippen LogP contribution in [0.25, 0.3) is 0 Å². The topological polar surface area (TPSA) is 41.6 Å². The van der Waals surface area contributed by atoms with Crippen LogP contribution in [0.5, 0.6) is 5.75 Å². The number of amides is 1. The molecule has 0 aliphatic rings. The maximum Gasteiger partial charge on any atom is 0.262 e. The monoisotopic (exact) mass is 278 g/mol. The lowest BCUT2D eigenvalue weighted by atomic mass is 10.1. The number of nitrogens with one attached hydrogen (secondary N) is 1. The highest BCUT2D eigenvalue weighted by Gasteiger charge is 2.16. The first kappa shape index (κ1) is 16.5. The molecule has 20 heavy (non-hydrogen) atoms. The van der Waals surface area contributed by atoms with Gasteiger partial charge in [-0.1, -0.05) is 12.1 Å². The highest BCUT2D eigenvalue weighted by molar-refractivity contribution is 5.80. The van der Waals surface area contributed by atoms with Crippen molar-refractivity contribution < 1.29 is 9.53 Å². The smallest absolute Gasteiger partial charge is 0.262 e. The lowest BCUT2D eigenvalue weighted by molar-refractivity contribution is -0.135. The van der Waals surface area contributed by atoms with E-state index >= 15 is 0 Å². The molecule has 0 spiro atoms. The van der Waals surface area contributed by atoms with Gasteiger partial charge in [-0.15, -0.1) is 0 Å². The molecule has 0 aliphatic carbocycles. The summed E-state index contributed by atoms with van der Waals surface area (Å²) in [5.41, 5.74) is 1.22. The molecule has 0 bridgehead atoms. The Morgan fingerprint density at radius 2 is 2.00 bits per heavy atom. The van der Waals surface area contributed by atoms with Gasteiger partial charge in [-0.2, -0.15) is 0 Å². The largest absolute Gasteiger partial charge is 0.481 e. The van der Waals surface area contributed by atoms with Crippen molar-refractivity contribution in [3.63, 3.8) is 0 Å². The number of hydrogen-bond acceptors (Lipinski definition) is 3. The first-order valence-electron chi connectivity index (χ1n) is 6.91. The first-order chi connectivity index (χ1) is 9.19. The van der Waals surface area contributed by atoms with Gasteiger partial charge in [0.25, 0.3) is 5.91 Å². The highest BCUT2D eigenvalue weighted by Crippen LogP contribution is 2.16. The molecule has 112 valence electrons. The number of nitrogens with zero attached hydrogens (tertiary/aromatic N) is 1. The van der Waals surface area contributed by atoms with Crippen molar-refractivity contribution in [1.82, 2.24) is 10.2 Å². The van der Waals surface area contributed by atoms with E-state index in [1.807, 2.05) is 24.3 Å². The van der Waals surface area contributed by atoms with Gasteiger partial charge >= 0.3 is 0 Å². The molecular weight excluding hydrogens is 252 g/mol. The van der Waals surface area contributed by atoms with Crippen molar-refractivity contribution >= 4 is 5.91 Å². The summed E-state index contributed by atoms with van der Waals surface area (Å²) in [6.07, 6.45) is -0.476. The molecule has 0 saturated carbocycles. The summed E-state index contributed by atoms with van der Waals surface area (Å²) in [5, 5.41) is 3.43. The van der Waals surface area contributed by atoms with Crippen molar-refractivity contribution in [2.75, 3.05) is 14.1 Å². The molecule has 0 aromatic heterocycles. The van der Waals surface area contributed by atoms with E-state index in [2.05, 4.69) is 26.1 Å². The van der Waals surface area contributed by atoms with Crippen molar-refractivity contribution in [1.29, 1.82) is 0 Å². The van der Waals surface area contributed by atoms with E-state index in [1.54, 1.807) is 21.0 Å². The van der Waals surface area contributed by atoms with E-state index in [1.165, 1.54) is 4.90 Å². The van der Waals surface area contributed by atoms with Gasteiger partial charge in [0, 0.05) is 26.2 Å². The van der Waals surface area contributed by atoms with Crippen molar-refractivity contribution in [2.24, 2.45) is 0 Å². The maximum atomic E-state index is 11.8. The van der Waals surface area contributed by atoms with Crippen LogP contribution < -0.4 is 10.1 Å². The fraction of sp³-hybridized carbons (Fsp3) is 0.562. The third-order valence-corrected chi connectivity index (χ3v) is 2.82. The molecule has 0 radical (unpaired) electrons. The minimum atomic E-state index is -0.476. The number of rotatable bonds is 5. The number of carbonyl (C=O) groups excluding carboxylic acids is 1. The van der Waals surface area contributed by atoms with Crippen LogP contribution in [-0.4, -0.2) is 36.5 Å². The van der Waals surface area contributed by atoms with Gasteiger partial charge < -0.3 is 15.0 Å². The molecule has 1 N–H and O–H groups in total. The molecule has 0 heterocycles. The van der Waals surface area contributed by atoms with Crippen LogP contribution >= 0.6 is 0 Å². The van der Waals surface area contributed by atoms with Gasteiger partial charge in [-0.3, -0.25) is 4.79 Å². The quantitative estimate of drug-likeness (QED) is 0.899. The summed E-state index contributed by atoms with van der Waals surface area (Å²) in [7, 11) is 3.46. The molecule has 1 unspecified atom stereocenters. The van der Waals surface area contributed by atoms with Crippen molar-refractivity contribution in [3.05, 3.63) is 29.8 Å². The van der Waals surface area contributed by atoms with E-state index in [9.17, 15) is 4.79 Å². The van der Waals surface area contributed by atoms with Crippen LogP contribution in [0, 0.1) is 0 Å². The van der Waals surface area contributed by atoms with Crippen molar-refractivity contribution in [3.8, 4) is 5.75 Å². The molecule has 1 aromatic rings. The van der Waals surface area contributed by atoms with Crippen LogP contribution in [0.4, 0.5) is 0 Å². The zero-order valence-electron chi connectivity index (χ0n) is 13.4. The van der Waals surface area contributed by atoms with Crippen LogP contribution in [0.2, 0.25) is 0 Å². The fourth-order valence-electron chi connectivity index (χ4n) is 1.71. The Morgan fingerprint density at radius 1 is 1.35 bits per heavy atom. The van der Waals surface area contributed by atoms with Crippen LogP contribution in [0.1, 0.15) is 33.3 Å². The second-order valence-electron chi connectivity index (χ2n) is 6.24. The molecule has 0 saturated heterocycles. The zero-order chi connectivity index (χ0) is 15.3. The van der Waals surface area contributed by atoms with E-state index in [4.69, 9.17) is 4.74 Å². The van der Waals surface area contributed by atoms with Crippen LogP contribution in [0.3, 0.4) is 0 Å². The summed E-state index contributed by atoms with van der Waals surface area (Å²) in [6.45, 7) is 8.93. The summed E-state index contributed by atoms with van der Waals surface area (Å²) in [6, 6.07) is 7.84. The van der Waals surface area contributed by atoms with Gasteiger partial charge in [0.05, 0.1) is 0 Å². The van der Waals surface area contributed by atoms with E-state index in [-0.39, 0.29) is 11.4 Å². The molecule has 4 nitrogen and oxygen atoms in total. The third kappa shape index (κ3) is 5.61. The molecule has 1 amide bonds. The van der Waals surface area contributed by atoms with Gasteiger partial charge in [0.1, 0.15) is 5.75 Å². The Balaban J connectivity index is 2.66. The number of benzene rings is 1. The van der Waals surface area contributed by atoms with Gasteiger partial charge in [0.2, 0.25) is 0 Å². The Kier molecular flexibility index (Phi) is 5.57. The molecule has 1 rings (SSSR count). The summed E-state index contributed by atoms with van der Waals surface area (Å²) in [4.78, 5) is 13.3. The third-order valence-electron chi connectivity index (χ3n) is 2.82. The second kappa shape index (κ2) is 6.75. The summed E-state index contributed by atoms with van der Waals surface area (Å²) in [5.74, 6) is 0.684. The van der Waals surface area contributed by atoms with Crippen LogP contribution in [0.15, 0.2) is 24.3 Å². The van der Waals surface area contributed by atoms with Gasteiger partial charge in [-0.25, -0.2) is 0 Å². The summed E-state index contributed by atoms with van der Waals surface area (Å²) >= 11 is 0. The molecule has 0 fully saturated rings. The molecule has 0 aliphatic heterocycles. The lowest BCUT2D eigenvalue weighted by Crippen LogP contribution is -2.35. The van der Waals surface area contributed by atoms with Crippen LogP contribution in [-0.2, 0) is 11.3 Å². The number of likely N-dealkylation sites (N-methyl/N-ethyl adjacent to an activating group) is 1. The van der Waals surface area contributed by atoms with Gasteiger partial charge in [0.15, 0.2) is 6.10 Å². The number of ether oxygens (including phenoxy) is 1. The molecule has 1 aromatic carbocycles. The standard InChI is InChI=1S/C16H26N2O2/c1-12(15(19)18(5)6)20-14-9-7-8-13(10-14)11-17-16(2,3)4/h7-10,12,17H,11H2,1-6H3. The zero-order valence-corrected chi connectivity index (χ0v) is 13.4. The minimum absolute atomic E-state index is 0.0387. The SMILES string of the molecule is CC(Oc1cccc(CNC(C)(C)C)c1)C(=O)N(C)C. The normalized spacial score (nSPS) is 12.9. The minimum Gasteiger partial charge on any atom is -0.481 e. The predicted octanol–water partition coefficient (Wildman–Crippen LogP) is 2.43. The Labute approximate surface area is 122 Å². The summed E-state index contributed by atoms with van der Waals surface area (Å²) < 4.78 is 5.69. The molecular formula is C16H26N2O2. The number of hydrogen-bond donors (Lipinski definition) is 1.